The average Bonchev–Trinajstić information content (AvgIpc) is 2.30. The zero-order valence-electron chi connectivity index (χ0n) is 11.0. The van der Waals surface area contributed by atoms with E-state index in [0.717, 1.165) is 0 Å². The van der Waals surface area contributed by atoms with Gasteiger partial charge in [0.05, 0.1) is 6.10 Å². The molecule has 0 aliphatic carbocycles. The molecule has 19 heavy (non-hydrogen) atoms. The molecule has 0 saturated heterocycles. The molecular weight excluding hydrogens is 259 g/mol. The first-order valence-electron chi connectivity index (χ1n) is 6.08. The van der Waals surface area contributed by atoms with Gasteiger partial charge in [0.2, 0.25) is 0 Å². The van der Waals surface area contributed by atoms with Gasteiger partial charge in [-0.3, -0.25) is 0 Å². The van der Waals surface area contributed by atoms with E-state index in [1.807, 2.05) is 13.8 Å². The lowest BCUT2D eigenvalue weighted by atomic mass is 10.2. The predicted molar refractivity (Wildman–Crippen MR) is 65.9 cm³/mol. The van der Waals surface area contributed by atoms with Crippen molar-refractivity contribution in [1.29, 1.82) is 0 Å². The normalized spacial score (nSPS) is 13.3. The number of hydrogen-bond donors (Lipinski definition) is 1. The van der Waals surface area contributed by atoms with Gasteiger partial charge in [-0.25, -0.2) is 0 Å². The lowest BCUT2D eigenvalue weighted by Crippen LogP contribution is -2.27. The van der Waals surface area contributed by atoms with Crippen molar-refractivity contribution in [2.45, 2.75) is 32.9 Å². The Kier molecular flexibility index (Phi) is 6.11. The Balaban J connectivity index is 2.53. The quantitative estimate of drug-likeness (QED) is 0.830. The van der Waals surface area contributed by atoms with Crippen molar-refractivity contribution < 1.29 is 22.6 Å². The van der Waals surface area contributed by atoms with Crippen molar-refractivity contribution in [1.82, 2.24) is 5.32 Å². The van der Waals surface area contributed by atoms with E-state index in [4.69, 9.17) is 4.74 Å². The van der Waals surface area contributed by atoms with Crippen molar-refractivity contribution in [3.63, 3.8) is 0 Å². The summed E-state index contributed by atoms with van der Waals surface area (Å²) < 4.78 is 45.9. The summed E-state index contributed by atoms with van der Waals surface area (Å²) in [7, 11) is 0. The zero-order chi connectivity index (χ0) is 14.3. The lowest BCUT2D eigenvalue weighted by Gasteiger charge is -2.15. The Labute approximate surface area is 110 Å². The fourth-order valence-corrected chi connectivity index (χ4v) is 1.63. The molecule has 1 N–H and O–H groups in total. The highest BCUT2D eigenvalue weighted by Crippen LogP contribution is 2.25. The van der Waals surface area contributed by atoms with Gasteiger partial charge >= 0.3 is 6.36 Å². The molecule has 0 fully saturated rings. The van der Waals surface area contributed by atoms with E-state index in [-0.39, 0.29) is 11.9 Å². The van der Waals surface area contributed by atoms with Crippen LogP contribution in [0.2, 0.25) is 0 Å². The summed E-state index contributed by atoms with van der Waals surface area (Å²) >= 11 is 0. The molecule has 1 aromatic carbocycles. The predicted octanol–water partition coefficient (Wildman–Crippen LogP) is 3.10. The number of rotatable bonds is 7. The second kappa shape index (κ2) is 7.35. The number of benzene rings is 1. The van der Waals surface area contributed by atoms with Gasteiger partial charge in [0.1, 0.15) is 5.75 Å². The number of hydrogen-bond acceptors (Lipinski definition) is 3. The van der Waals surface area contributed by atoms with Gasteiger partial charge in [-0.15, -0.1) is 13.2 Å². The van der Waals surface area contributed by atoms with Crippen LogP contribution in [0.4, 0.5) is 13.2 Å². The van der Waals surface area contributed by atoms with Gasteiger partial charge in [-0.2, -0.15) is 0 Å². The average molecular weight is 277 g/mol. The first kappa shape index (κ1) is 15.8. The summed E-state index contributed by atoms with van der Waals surface area (Å²) in [6, 6.07) is 6.08. The first-order chi connectivity index (χ1) is 8.92. The molecule has 0 aliphatic heterocycles. The highest BCUT2D eigenvalue weighted by Gasteiger charge is 2.31. The van der Waals surface area contributed by atoms with Crippen LogP contribution in [0.5, 0.6) is 5.75 Å². The van der Waals surface area contributed by atoms with Crippen LogP contribution in [0.15, 0.2) is 24.3 Å². The molecule has 6 heteroatoms. The molecule has 0 heterocycles. The van der Waals surface area contributed by atoms with Gasteiger partial charge in [-0.05, 0) is 19.9 Å². The van der Waals surface area contributed by atoms with Crippen LogP contribution >= 0.6 is 0 Å². The molecule has 1 unspecified atom stereocenters. The lowest BCUT2D eigenvalue weighted by molar-refractivity contribution is -0.274. The molecule has 1 aromatic rings. The van der Waals surface area contributed by atoms with E-state index in [1.165, 1.54) is 12.1 Å². The van der Waals surface area contributed by atoms with Crippen LogP contribution in [-0.4, -0.2) is 25.6 Å². The molecule has 1 atom stereocenters. The number of nitrogens with one attached hydrogen (secondary N) is 1. The molecule has 1 rings (SSSR count). The van der Waals surface area contributed by atoms with Crippen LogP contribution in [0, 0.1) is 0 Å². The van der Waals surface area contributed by atoms with Crippen molar-refractivity contribution >= 4 is 0 Å². The Morgan fingerprint density at radius 1 is 1.26 bits per heavy atom. The third-order valence-corrected chi connectivity index (χ3v) is 2.40. The van der Waals surface area contributed by atoms with Gasteiger partial charge in [0, 0.05) is 25.3 Å². The summed E-state index contributed by atoms with van der Waals surface area (Å²) in [5.41, 5.74) is 0.462. The summed E-state index contributed by atoms with van der Waals surface area (Å²) in [4.78, 5) is 0. The molecule has 3 nitrogen and oxygen atoms in total. The van der Waals surface area contributed by atoms with E-state index < -0.39 is 6.36 Å². The third kappa shape index (κ3) is 6.45. The van der Waals surface area contributed by atoms with Crippen LogP contribution in [-0.2, 0) is 11.3 Å². The highest BCUT2D eigenvalue weighted by atomic mass is 19.4. The molecule has 0 aliphatic rings. The second-order valence-electron chi connectivity index (χ2n) is 4.05. The minimum atomic E-state index is -4.67. The first-order valence-corrected chi connectivity index (χ1v) is 6.08. The zero-order valence-corrected chi connectivity index (χ0v) is 11.0. The SMILES string of the molecule is CCOC(C)CNCc1ccccc1OC(F)(F)F. The molecular formula is C13H18F3NO2. The highest BCUT2D eigenvalue weighted by molar-refractivity contribution is 5.33. The molecule has 0 radical (unpaired) electrons. The minimum Gasteiger partial charge on any atom is -0.405 e. The standard InChI is InChI=1S/C13H18F3NO2/c1-3-18-10(2)8-17-9-11-6-4-5-7-12(11)19-13(14,15)16/h4-7,10,17H,3,8-9H2,1-2H3. The fourth-order valence-electron chi connectivity index (χ4n) is 1.63. The van der Waals surface area contributed by atoms with E-state index in [0.29, 0.717) is 25.3 Å². The molecule has 108 valence electrons. The molecule has 0 bridgehead atoms. The van der Waals surface area contributed by atoms with E-state index in [2.05, 4.69) is 10.1 Å². The Morgan fingerprint density at radius 3 is 2.58 bits per heavy atom. The van der Waals surface area contributed by atoms with Crippen molar-refractivity contribution in [3.8, 4) is 5.75 Å². The monoisotopic (exact) mass is 277 g/mol. The summed E-state index contributed by atoms with van der Waals surface area (Å²) in [5, 5.41) is 3.04. The van der Waals surface area contributed by atoms with Crippen LogP contribution in [0.3, 0.4) is 0 Å². The summed E-state index contributed by atoms with van der Waals surface area (Å²) in [5.74, 6) is -0.174. The molecule has 0 aromatic heterocycles. The van der Waals surface area contributed by atoms with Gasteiger partial charge < -0.3 is 14.8 Å². The maximum absolute atomic E-state index is 12.2. The summed E-state index contributed by atoms with van der Waals surface area (Å²) in [6.07, 6.45) is -4.66. The van der Waals surface area contributed by atoms with Crippen LogP contribution < -0.4 is 10.1 Å². The Bertz CT molecular complexity index is 382. The molecule has 0 spiro atoms. The van der Waals surface area contributed by atoms with Crippen molar-refractivity contribution in [2.75, 3.05) is 13.2 Å². The maximum Gasteiger partial charge on any atom is 0.573 e. The Hall–Kier alpha value is -1.27. The molecule has 0 amide bonds. The summed E-state index contributed by atoms with van der Waals surface area (Å²) in [6.45, 7) is 5.26. The maximum atomic E-state index is 12.2. The number of para-hydroxylation sites is 1. The van der Waals surface area contributed by atoms with Crippen LogP contribution in [0.25, 0.3) is 0 Å². The molecule has 0 saturated carbocycles. The van der Waals surface area contributed by atoms with Crippen molar-refractivity contribution in [2.24, 2.45) is 0 Å². The number of alkyl halides is 3. The second-order valence-corrected chi connectivity index (χ2v) is 4.05. The fraction of sp³-hybridized carbons (Fsp3) is 0.538. The van der Waals surface area contributed by atoms with Gasteiger partial charge in [-0.1, -0.05) is 18.2 Å². The van der Waals surface area contributed by atoms with E-state index in [9.17, 15) is 13.2 Å². The van der Waals surface area contributed by atoms with E-state index >= 15 is 0 Å². The van der Waals surface area contributed by atoms with Gasteiger partial charge in [0.25, 0.3) is 0 Å². The van der Waals surface area contributed by atoms with Gasteiger partial charge in [0.15, 0.2) is 0 Å². The van der Waals surface area contributed by atoms with E-state index in [1.54, 1.807) is 12.1 Å². The number of ether oxygens (including phenoxy) is 2. The third-order valence-electron chi connectivity index (χ3n) is 2.40. The number of halogens is 3. The van der Waals surface area contributed by atoms with Crippen molar-refractivity contribution in [3.05, 3.63) is 29.8 Å². The van der Waals surface area contributed by atoms with Crippen LogP contribution in [0.1, 0.15) is 19.4 Å². The topological polar surface area (TPSA) is 30.5 Å². The largest absolute Gasteiger partial charge is 0.573 e. The smallest absolute Gasteiger partial charge is 0.405 e. The Morgan fingerprint density at radius 2 is 1.95 bits per heavy atom. The minimum absolute atomic E-state index is 0.0145.